The van der Waals surface area contributed by atoms with E-state index in [0.717, 1.165) is 5.56 Å². The predicted molar refractivity (Wildman–Crippen MR) is 66.8 cm³/mol. The van der Waals surface area contributed by atoms with Crippen LogP contribution in [0.4, 0.5) is 0 Å². The highest BCUT2D eigenvalue weighted by Crippen LogP contribution is 2.02. The topological polar surface area (TPSA) is 59.8 Å². The molecule has 0 spiro atoms. The number of rotatable bonds is 1. The lowest BCUT2D eigenvalue weighted by Gasteiger charge is -1.98. The number of aromatic nitrogens is 3. The van der Waals surface area contributed by atoms with E-state index in [-0.39, 0.29) is 5.91 Å². The van der Waals surface area contributed by atoms with Crippen molar-refractivity contribution in [3.63, 3.8) is 0 Å². The molecular formula is C13H12N4O. The Kier molecular flexibility index (Phi) is 3.39. The van der Waals surface area contributed by atoms with E-state index in [2.05, 4.69) is 27.2 Å². The fourth-order valence-corrected chi connectivity index (χ4v) is 1.41. The van der Waals surface area contributed by atoms with Gasteiger partial charge in [-0.05, 0) is 6.07 Å². The molecular weight excluding hydrogens is 228 g/mol. The molecule has 0 unspecified atom stereocenters. The molecule has 0 aliphatic rings. The Morgan fingerprint density at radius 1 is 1.28 bits per heavy atom. The predicted octanol–water partition coefficient (Wildman–Crippen LogP) is 0.574. The first-order chi connectivity index (χ1) is 8.69. The molecule has 0 aliphatic carbocycles. The molecule has 0 bridgehead atoms. The lowest BCUT2D eigenvalue weighted by molar-refractivity contribution is 0.0962. The molecule has 2 rings (SSSR count). The van der Waals surface area contributed by atoms with Crippen molar-refractivity contribution in [3.8, 4) is 11.8 Å². The molecule has 2 heterocycles. The monoisotopic (exact) mass is 240 g/mol. The minimum absolute atomic E-state index is 0.174. The Labute approximate surface area is 105 Å². The molecule has 1 amide bonds. The van der Waals surface area contributed by atoms with Gasteiger partial charge in [-0.1, -0.05) is 11.8 Å². The summed E-state index contributed by atoms with van der Waals surface area (Å²) in [5.41, 5.74) is 2.01. The van der Waals surface area contributed by atoms with E-state index in [1.165, 1.54) is 6.20 Å². The highest BCUT2D eigenvalue weighted by Gasteiger charge is 2.02. The van der Waals surface area contributed by atoms with Crippen molar-refractivity contribution in [1.82, 2.24) is 20.1 Å². The van der Waals surface area contributed by atoms with Gasteiger partial charge in [0.05, 0.1) is 17.3 Å². The van der Waals surface area contributed by atoms with Gasteiger partial charge in [0, 0.05) is 38.2 Å². The highest BCUT2D eigenvalue weighted by atomic mass is 16.1. The molecule has 5 heteroatoms. The molecule has 0 fully saturated rings. The van der Waals surface area contributed by atoms with Crippen LogP contribution in [-0.2, 0) is 7.05 Å². The van der Waals surface area contributed by atoms with Crippen molar-refractivity contribution >= 4 is 5.91 Å². The number of aryl methyl sites for hydroxylation is 1. The van der Waals surface area contributed by atoms with Crippen LogP contribution in [0.25, 0.3) is 0 Å². The van der Waals surface area contributed by atoms with Crippen LogP contribution in [0.15, 0.2) is 30.9 Å². The Balaban J connectivity index is 2.25. The van der Waals surface area contributed by atoms with Crippen LogP contribution < -0.4 is 5.32 Å². The van der Waals surface area contributed by atoms with Gasteiger partial charge in [-0.3, -0.25) is 14.5 Å². The number of amides is 1. The summed E-state index contributed by atoms with van der Waals surface area (Å²) in [5, 5.41) is 6.57. The molecule has 90 valence electrons. The standard InChI is InChI=1S/C13H12N4O/c1-14-13(18)12-5-10(6-15-8-12)3-4-11-7-16-17(2)9-11/h5-9H,1-2H3,(H,14,18). The molecule has 2 aromatic rings. The molecule has 18 heavy (non-hydrogen) atoms. The van der Waals surface area contributed by atoms with Crippen molar-refractivity contribution in [2.45, 2.75) is 0 Å². The van der Waals surface area contributed by atoms with E-state index in [9.17, 15) is 4.79 Å². The van der Waals surface area contributed by atoms with Crippen LogP contribution in [0.3, 0.4) is 0 Å². The van der Waals surface area contributed by atoms with Gasteiger partial charge in [0.15, 0.2) is 0 Å². The number of nitrogens with zero attached hydrogens (tertiary/aromatic N) is 3. The fourth-order valence-electron chi connectivity index (χ4n) is 1.41. The summed E-state index contributed by atoms with van der Waals surface area (Å²) in [5.74, 6) is 5.74. The number of carbonyl (C=O) groups excluding carboxylic acids is 1. The van der Waals surface area contributed by atoms with Gasteiger partial charge < -0.3 is 5.32 Å². The zero-order valence-electron chi connectivity index (χ0n) is 10.1. The number of carbonyl (C=O) groups is 1. The van der Waals surface area contributed by atoms with E-state index in [1.54, 1.807) is 30.2 Å². The first-order valence-corrected chi connectivity index (χ1v) is 5.37. The van der Waals surface area contributed by atoms with E-state index in [1.807, 2.05) is 13.2 Å². The molecule has 0 aromatic carbocycles. The van der Waals surface area contributed by atoms with Gasteiger partial charge >= 0.3 is 0 Å². The van der Waals surface area contributed by atoms with E-state index in [0.29, 0.717) is 11.1 Å². The van der Waals surface area contributed by atoms with Crippen molar-refractivity contribution in [3.05, 3.63) is 47.5 Å². The normalized spacial score (nSPS) is 9.44. The molecule has 5 nitrogen and oxygen atoms in total. The van der Waals surface area contributed by atoms with E-state index >= 15 is 0 Å². The summed E-state index contributed by atoms with van der Waals surface area (Å²) in [6.07, 6.45) is 6.63. The van der Waals surface area contributed by atoms with Crippen LogP contribution in [0, 0.1) is 11.8 Å². The largest absolute Gasteiger partial charge is 0.355 e. The van der Waals surface area contributed by atoms with Gasteiger partial charge in [-0.15, -0.1) is 0 Å². The lowest BCUT2D eigenvalue weighted by atomic mass is 10.2. The Morgan fingerprint density at radius 3 is 2.72 bits per heavy atom. The fraction of sp³-hybridized carbons (Fsp3) is 0.154. The van der Waals surface area contributed by atoms with Gasteiger partial charge in [-0.2, -0.15) is 5.10 Å². The molecule has 0 radical (unpaired) electrons. The maximum Gasteiger partial charge on any atom is 0.252 e. The summed E-state index contributed by atoms with van der Waals surface area (Å²) in [4.78, 5) is 15.4. The summed E-state index contributed by atoms with van der Waals surface area (Å²) in [6.45, 7) is 0. The lowest BCUT2D eigenvalue weighted by Crippen LogP contribution is -2.17. The number of hydrogen-bond acceptors (Lipinski definition) is 3. The quantitative estimate of drug-likeness (QED) is 0.741. The molecule has 0 saturated heterocycles. The number of hydrogen-bond donors (Lipinski definition) is 1. The third-order valence-electron chi connectivity index (χ3n) is 2.28. The minimum Gasteiger partial charge on any atom is -0.355 e. The first-order valence-electron chi connectivity index (χ1n) is 5.37. The number of pyridine rings is 1. The molecule has 0 aliphatic heterocycles. The molecule has 0 atom stereocenters. The van der Waals surface area contributed by atoms with E-state index in [4.69, 9.17) is 0 Å². The second-order valence-electron chi connectivity index (χ2n) is 3.69. The van der Waals surface area contributed by atoms with E-state index < -0.39 is 0 Å². The summed E-state index contributed by atoms with van der Waals surface area (Å²) >= 11 is 0. The van der Waals surface area contributed by atoms with Crippen molar-refractivity contribution < 1.29 is 4.79 Å². The first kappa shape index (κ1) is 11.9. The second-order valence-corrected chi connectivity index (χ2v) is 3.69. The third-order valence-corrected chi connectivity index (χ3v) is 2.28. The zero-order valence-corrected chi connectivity index (χ0v) is 10.1. The Morgan fingerprint density at radius 2 is 2.06 bits per heavy atom. The SMILES string of the molecule is CNC(=O)c1cncc(C#Cc2cnn(C)c2)c1. The van der Waals surface area contributed by atoms with Gasteiger partial charge in [-0.25, -0.2) is 0 Å². The van der Waals surface area contributed by atoms with Gasteiger partial charge in [0.2, 0.25) is 0 Å². The van der Waals surface area contributed by atoms with Crippen LogP contribution >= 0.6 is 0 Å². The maximum absolute atomic E-state index is 11.4. The van der Waals surface area contributed by atoms with Crippen molar-refractivity contribution in [2.75, 3.05) is 7.05 Å². The molecule has 1 N–H and O–H groups in total. The summed E-state index contributed by atoms with van der Waals surface area (Å²) in [7, 11) is 3.41. The minimum atomic E-state index is -0.174. The van der Waals surface area contributed by atoms with Crippen molar-refractivity contribution in [2.24, 2.45) is 7.05 Å². The number of nitrogens with one attached hydrogen (secondary N) is 1. The summed E-state index contributed by atoms with van der Waals surface area (Å²) < 4.78 is 1.68. The van der Waals surface area contributed by atoms with Crippen LogP contribution in [0.2, 0.25) is 0 Å². The van der Waals surface area contributed by atoms with Crippen LogP contribution in [0.1, 0.15) is 21.5 Å². The smallest absolute Gasteiger partial charge is 0.252 e. The Bertz CT molecular complexity index is 634. The highest BCUT2D eigenvalue weighted by molar-refractivity contribution is 5.93. The zero-order chi connectivity index (χ0) is 13.0. The third kappa shape index (κ3) is 2.74. The molecule has 0 saturated carbocycles. The van der Waals surface area contributed by atoms with Crippen LogP contribution in [0.5, 0.6) is 0 Å². The molecule has 2 aromatic heterocycles. The maximum atomic E-state index is 11.4. The average molecular weight is 240 g/mol. The Hall–Kier alpha value is -2.61. The van der Waals surface area contributed by atoms with Gasteiger partial charge in [0.1, 0.15) is 0 Å². The average Bonchev–Trinajstić information content (AvgIpc) is 2.81. The summed E-state index contributed by atoms with van der Waals surface area (Å²) in [6, 6.07) is 1.70. The van der Waals surface area contributed by atoms with Gasteiger partial charge in [0.25, 0.3) is 5.91 Å². The second kappa shape index (κ2) is 5.15. The van der Waals surface area contributed by atoms with Crippen LogP contribution in [-0.4, -0.2) is 27.7 Å². The van der Waals surface area contributed by atoms with Crippen molar-refractivity contribution in [1.29, 1.82) is 0 Å².